The van der Waals surface area contributed by atoms with Gasteiger partial charge in [-0.1, -0.05) is 42.5 Å². The number of carbonyl (C=O) groups excluding carboxylic acids is 1. The number of nitrogens with zero attached hydrogens (tertiary/aromatic N) is 6. The number of aryl methyl sites for hydroxylation is 1. The van der Waals surface area contributed by atoms with Gasteiger partial charge in [0.25, 0.3) is 0 Å². The Bertz CT molecular complexity index is 1740. The molecular formula is C33H36N8O. The fourth-order valence-corrected chi connectivity index (χ4v) is 6.65. The van der Waals surface area contributed by atoms with Gasteiger partial charge in [-0.05, 0) is 61.6 Å². The first kappa shape index (κ1) is 26.3. The summed E-state index contributed by atoms with van der Waals surface area (Å²) in [7, 11) is 0. The Labute approximate surface area is 245 Å². The highest BCUT2D eigenvalue weighted by molar-refractivity contribution is 6.06. The molecule has 3 aromatic carbocycles. The number of nitrogen functional groups attached to an aromatic ring is 1. The fraction of sp³-hybridized carbons (Fsp3) is 0.303. The van der Waals surface area contributed by atoms with E-state index in [9.17, 15) is 4.79 Å². The molecule has 2 aromatic heterocycles. The van der Waals surface area contributed by atoms with Crippen molar-refractivity contribution < 1.29 is 4.79 Å². The molecule has 214 valence electrons. The Balaban J connectivity index is 1.12. The van der Waals surface area contributed by atoms with Crippen LogP contribution in [0.25, 0.3) is 21.9 Å². The molecule has 1 fully saturated rings. The lowest BCUT2D eigenvalue weighted by Crippen LogP contribution is -2.54. The summed E-state index contributed by atoms with van der Waals surface area (Å²) in [6.45, 7) is 4.76. The number of nitrogens with two attached hydrogens (primary N) is 2. The van der Waals surface area contributed by atoms with Crippen LogP contribution in [-0.4, -0.2) is 51.3 Å². The van der Waals surface area contributed by atoms with Crippen LogP contribution in [0.5, 0.6) is 0 Å². The number of benzene rings is 3. The molecule has 1 amide bonds. The van der Waals surface area contributed by atoms with Gasteiger partial charge >= 0.3 is 0 Å². The summed E-state index contributed by atoms with van der Waals surface area (Å²) in [5, 5.41) is 1.08. The molecule has 1 saturated heterocycles. The van der Waals surface area contributed by atoms with Gasteiger partial charge < -0.3 is 25.8 Å². The lowest BCUT2D eigenvalue weighted by atomic mass is 10.1. The van der Waals surface area contributed by atoms with Crippen molar-refractivity contribution in [1.29, 1.82) is 0 Å². The summed E-state index contributed by atoms with van der Waals surface area (Å²) in [6, 6.07) is 24.6. The average Bonchev–Trinajstić information content (AvgIpc) is 3.75. The van der Waals surface area contributed by atoms with Crippen LogP contribution in [0.1, 0.15) is 41.6 Å². The first-order chi connectivity index (χ1) is 20.6. The summed E-state index contributed by atoms with van der Waals surface area (Å²) in [6.07, 6.45) is 6.56. The molecule has 9 heteroatoms. The molecule has 4 N–H and O–H groups in total. The highest BCUT2D eigenvalue weighted by Crippen LogP contribution is 2.42. The third kappa shape index (κ3) is 4.69. The van der Waals surface area contributed by atoms with Crippen LogP contribution in [0.15, 0.2) is 79.1 Å². The number of likely N-dealkylation sites (tertiary alicyclic amines) is 1. The fourth-order valence-electron chi connectivity index (χ4n) is 6.65. The van der Waals surface area contributed by atoms with Crippen molar-refractivity contribution >= 4 is 45.0 Å². The molecule has 1 unspecified atom stereocenters. The zero-order valence-electron chi connectivity index (χ0n) is 23.7. The van der Waals surface area contributed by atoms with E-state index in [1.807, 2.05) is 48.8 Å². The molecule has 0 saturated carbocycles. The zero-order valence-corrected chi connectivity index (χ0v) is 23.7. The minimum Gasteiger partial charge on any atom is -0.382 e. The molecule has 5 aromatic rings. The van der Waals surface area contributed by atoms with Gasteiger partial charge in [0.1, 0.15) is 5.52 Å². The standard InChI is InChI=1S/C33H36N8O/c34-31-29-30(25-9-1-2-10-26(25)37-31)39(22-36-29)19-7-8-20-40-27-11-3-4-12-28(27)41(33(40)38-17-5-6-18-38)21-23-13-15-24(16-14-23)32(35)42/h1-4,9-16,22,33H,5-8,17-21H2,(H2,34,37)(H2,35,42). The van der Waals surface area contributed by atoms with Crippen molar-refractivity contribution in [2.24, 2.45) is 5.73 Å². The number of imidazole rings is 1. The number of anilines is 3. The first-order valence-corrected chi connectivity index (χ1v) is 14.8. The highest BCUT2D eigenvalue weighted by atomic mass is 16.1. The summed E-state index contributed by atoms with van der Waals surface area (Å²) in [5.74, 6) is 0.0835. The van der Waals surface area contributed by atoms with Gasteiger partial charge in [-0.25, -0.2) is 9.97 Å². The summed E-state index contributed by atoms with van der Waals surface area (Å²) in [4.78, 5) is 28.5. The van der Waals surface area contributed by atoms with E-state index >= 15 is 0 Å². The molecule has 4 heterocycles. The molecule has 0 bridgehead atoms. The average molecular weight is 561 g/mol. The molecule has 42 heavy (non-hydrogen) atoms. The number of hydrogen-bond donors (Lipinski definition) is 2. The number of rotatable bonds is 9. The van der Waals surface area contributed by atoms with E-state index in [1.54, 1.807) is 0 Å². The third-order valence-electron chi connectivity index (χ3n) is 8.65. The quantitative estimate of drug-likeness (QED) is 0.246. The highest BCUT2D eigenvalue weighted by Gasteiger charge is 2.40. The van der Waals surface area contributed by atoms with Crippen LogP contribution < -0.4 is 21.3 Å². The summed E-state index contributed by atoms with van der Waals surface area (Å²) in [5.41, 5.74) is 18.7. The lowest BCUT2D eigenvalue weighted by molar-refractivity contribution is 0.100. The number of amides is 1. The number of unbranched alkanes of at least 4 members (excludes halogenated alkanes) is 1. The molecule has 2 aliphatic heterocycles. The van der Waals surface area contributed by atoms with Gasteiger partial charge in [0.15, 0.2) is 12.1 Å². The first-order valence-electron chi connectivity index (χ1n) is 14.8. The topological polar surface area (TPSA) is 110 Å². The number of aromatic nitrogens is 3. The Morgan fingerprint density at radius 3 is 2.31 bits per heavy atom. The maximum atomic E-state index is 11.6. The van der Waals surface area contributed by atoms with E-state index < -0.39 is 5.91 Å². The van der Waals surface area contributed by atoms with E-state index in [0.29, 0.717) is 11.4 Å². The molecule has 9 nitrogen and oxygen atoms in total. The van der Waals surface area contributed by atoms with E-state index in [0.717, 1.165) is 73.1 Å². The monoisotopic (exact) mass is 560 g/mol. The molecule has 0 aliphatic carbocycles. The Morgan fingerprint density at radius 1 is 0.857 bits per heavy atom. The lowest BCUT2D eigenvalue weighted by Gasteiger charge is -2.39. The van der Waals surface area contributed by atoms with E-state index in [-0.39, 0.29) is 6.29 Å². The van der Waals surface area contributed by atoms with Crippen molar-refractivity contribution in [2.75, 3.05) is 35.2 Å². The Hall–Kier alpha value is -4.63. The van der Waals surface area contributed by atoms with Crippen molar-refractivity contribution in [2.45, 2.75) is 45.1 Å². The smallest absolute Gasteiger partial charge is 0.248 e. The Morgan fingerprint density at radius 2 is 1.55 bits per heavy atom. The van der Waals surface area contributed by atoms with Crippen LogP contribution in [0, 0.1) is 0 Å². The van der Waals surface area contributed by atoms with E-state index in [4.69, 9.17) is 11.5 Å². The van der Waals surface area contributed by atoms with E-state index in [1.165, 1.54) is 24.2 Å². The zero-order chi connectivity index (χ0) is 28.6. The maximum Gasteiger partial charge on any atom is 0.248 e. The van der Waals surface area contributed by atoms with Gasteiger partial charge in [0.2, 0.25) is 5.91 Å². The maximum absolute atomic E-state index is 11.6. The molecule has 0 spiro atoms. The van der Waals surface area contributed by atoms with Gasteiger partial charge in [-0.15, -0.1) is 0 Å². The molecule has 7 rings (SSSR count). The van der Waals surface area contributed by atoms with Crippen molar-refractivity contribution in [1.82, 2.24) is 19.4 Å². The van der Waals surface area contributed by atoms with Crippen molar-refractivity contribution in [3.05, 3.63) is 90.3 Å². The van der Waals surface area contributed by atoms with Crippen LogP contribution in [0.3, 0.4) is 0 Å². The number of fused-ring (bicyclic) bond motifs is 4. The van der Waals surface area contributed by atoms with Crippen LogP contribution in [0.4, 0.5) is 17.2 Å². The SMILES string of the molecule is NC(=O)c1ccc(CN2c3ccccc3N(CCCCn3cnc4c(N)nc5ccccc5c43)C2N2CCCC2)cc1. The van der Waals surface area contributed by atoms with Gasteiger partial charge in [-0.2, -0.15) is 0 Å². The van der Waals surface area contributed by atoms with E-state index in [2.05, 4.69) is 59.6 Å². The normalized spacial score (nSPS) is 17.0. The third-order valence-corrected chi connectivity index (χ3v) is 8.65. The second kappa shape index (κ2) is 11.0. The molecule has 2 aliphatic rings. The van der Waals surface area contributed by atoms with Gasteiger partial charge in [-0.3, -0.25) is 9.69 Å². The number of carbonyl (C=O) groups is 1. The summed E-state index contributed by atoms with van der Waals surface area (Å²) < 4.78 is 2.23. The van der Waals surface area contributed by atoms with Gasteiger partial charge in [0.05, 0.1) is 28.7 Å². The number of primary amides is 1. The second-order valence-corrected chi connectivity index (χ2v) is 11.3. The van der Waals surface area contributed by atoms with Crippen LogP contribution in [-0.2, 0) is 13.1 Å². The molecular weight excluding hydrogens is 524 g/mol. The number of pyridine rings is 1. The van der Waals surface area contributed by atoms with Crippen molar-refractivity contribution in [3.8, 4) is 0 Å². The van der Waals surface area contributed by atoms with Crippen molar-refractivity contribution in [3.63, 3.8) is 0 Å². The molecule has 0 radical (unpaired) electrons. The Kier molecular flexibility index (Phi) is 6.87. The molecule has 1 atom stereocenters. The van der Waals surface area contributed by atoms with Crippen LogP contribution in [0.2, 0.25) is 0 Å². The predicted molar refractivity (Wildman–Crippen MR) is 168 cm³/mol. The second-order valence-electron chi connectivity index (χ2n) is 11.3. The summed E-state index contributed by atoms with van der Waals surface area (Å²) >= 11 is 0. The largest absolute Gasteiger partial charge is 0.382 e. The minimum absolute atomic E-state index is 0.157. The minimum atomic E-state index is -0.397. The number of para-hydroxylation sites is 3. The number of hydrogen-bond acceptors (Lipinski definition) is 7. The van der Waals surface area contributed by atoms with Crippen LogP contribution >= 0.6 is 0 Å². The van der Waals surface area contributed by atoms with Gasteiger partial charge in [0, 0.05) is 43.7 Å². The predicted octanol–water partition coefficient (Wildman–Crippen LogP) is 4.95.